The lowest BCUT2D eigenvalue weighted by molar-refractivity contribution is 0.280. The van der Waals surface area contributed by atoms with E-state index in [1.807, 2.05) is 0 Å². The molecule has 0 aromatic heterocycles. The standard InChI is InChI=1S/C12H22N2/c1-2-4-11-5-7-12(8-6-11)14-10-3-9-13/h11-12,14H,2-8,10H2,1H3. The van der Waals surface area contributed by atoms with E-state index in [0.717, 1.165) is 12.5 Å². The minimum atomic E-state index is 0.648. The summed E-state index contributed by atoms with van der Waals surface area (Å²) in [6, 6.07) is 2.87. The molecule has 1 aliphatic rings. The van der Waals surface area contributed by atoms with Gasteiger partial charge in [-0.25, -0.2) is 0 Å². The minimum absolute atomic E-state index is 0.648. The molecule has 2 nitrogen and oxygen atoms in total. The molecule has 0 spiro atoms. The van der Waals surface area contributed by atoms with Crippen LogP contribution in [0.3, 0.4) is 0 Å². The Bertz CT molecular complexity index is 175. The van der Waals surface area contributed by atoms with E-state index in [1.165, 1.54) is 38.5 Å². The summed E-state index contributed by atoms with van der Waals surface area (Å²) in [6.45, 7) is 3.15. The molecule has 1 rings (SSSR count). The molecule has 1 fully saturated rings. The van der Waals surface area contributed by atoms with Gasteiger partial charge >= 0.3 is 0 Å². The van der Waals surface area contributed by atoms with Crippen LogP contribution in [0.1, 0.15) is 51.9 Å². The number of rotatable bonds is 5. The monoisotopic (exact) mass is 194 g/mol. The van der Waals surface area contributed by atoms with Gasteiger partial charge in [-0.2, -0.15) is 5.26 Å². The summed E-state index contributed by atoms with van der Waals surface area (Å²) in [5, 5.41) is 11.9. The molecule has 2 heteroatoms. The number of hydrogen-bond acceptors (Lipinski definition) is 2. The largest absolute Gasteiger partial charge is 0.313 e. The van der Waals surface area contributed by atoms with Crippen LogP contribution in [0, 0.1) is 17.2 Å². The summed E-state index contributed by atoms with van der Waals surface area (Å²) in [4.78, 5) is 0. The number of nitrogens with zero attached hydrogens (tertiary/aromatic N) is 1. The minimum Gasteiger partial charge on any atom is -0.313 e. The molecule has 0 unspecified atom stereocenters. The van der Waals surface area contributed by atoms with Crippen LogP contribution in [0.2, 0.25) is 0 Å². The van der Waals surface area contributed by atoms with E-state index < -0.39 is 0 Å². The molecular formula is C12H22N2. The van der Waals surface area contributed by atoms with E-state index >= 15 is 0 Å². The van der Waals surface area contributed by atoms with Gasteiger partial charge in [0.2, 0.25) is 0 Å². The molecule has 0 aliphatic heterocycles. The van der Waals surface area contributed by atoms with Crippen molar-refractivity contribution in [3.63, 3.8) is 0 Å². The topological polar surface area (TPSA) is 35.8 Å². The van der Waals surface area contributed by atoms with Crippen LogP contribution < -0.4 is 5.32 Å². The van der Waals surface area contributed by atoms with Crippen LogP contribution in [0.25, 0.3) is 0 Å². The molecule has 0 atom stereocenters. The lowest BCUT2D eigenvalue weighted by Crippen LogP contribution is -2.33. The summed E-state index contributed by atoms with van der Waals surface area (Å²) in [5.74, 6) is 0.981. The average molecular weight is 194 g/mol. The molecule has 0 radical (unpaired) electrons. The van der Waals surface area contributed by atoms with Crippen molar-refractivity contribution in [3.8, 4) is 6.07 Å². The van der Waals surface area contributed by atoms with Gasteiger partial charge in [0.1, 0.15) is 0 Å². The first-order valence-electron chi connectivity index (χ1n) is 5.97. The highest BCUT2D eigenvalue weighted by atomic mass is 14.9. The first-order valence-corrected chi connectivity index (χ1v) is 5.97. The molecule has 0 bridgehead atoms. The smallest absolute Gasteiger partial charge is 0.0635 e. The Labute approximate surface area is 87.7 Å². The lowest BCUT2D eigenvalue weighted by atomic mass is 9.83. The van der Waals surface area contributed by atoms with E-state index in [1.54, 1.807) is 0 Å². The average Bonchev–Trinajstić information content (AvgIpc) is 2.21. The van der Waals surface area contributed by atoms with Gasteiger partial charge in [-0.05, 0) is 31.6 Å². The third kappa shape index (κ3) is 4.11. The van der Waals surface area contributed by atoms with E-state index in [4.69, 9.17) is 5.26 Å². The Kier molecular flexibility index (Phi) is 5.63. The second kappa shape index (κ2) is 6.84. The fourth-order valence-electron chi connectivity index (χ4n) is 2.40. The molecule has 0 aromatic rings. The highest BCUT2D eigenvalue weighted by Gasteiger charge is 2.19. The summed E-state index contributed by atoms with van der Waals surface area (Å²) < 4.78 is 0. The second-order valence-electron chi connectivity index (χ2n) is 4.37. The number of nitriles is 1. The van der Waals surface area contributed by atoms with Gasteiger partial charge in [-0.15, -0.1) is 0 Å². The maximum Gasteiger partial charge on any atom is 0.0635 e. The van der Waals surface area contributed by atoms with Crippen LogP contribution in [-0.2, 0) is 0 Å². The van der Waals surface area contributed by atoms with E-state index in [2.05, 4.69) is 18.3 Å². The van der Waals surface area contributed by atoms with E-state index in [-0.39, 0.29) is 0 Å². The summed E-state index contributed by atoms with van der Waals surface area (Å²) in [7, 11) is 0. The van der Waals surface area contributed by atoms with Gasteiger partial charge in [-0.1, -0.05) is 19.8 Å². The molecule has 14 heavy (non-hydrogen) atoms. The first kappa shape index (κ1) is 11.5. The van der Waals surface area contributed by atoms with Gasteiger partial charge in [0, 0.05) is 19.0 Å². The highest BCUT2D eigenvalue weighted by molar-refractivity contribution is 4.79. The Morgan fingerprint density at radius 3 is 2.57 bits per heavy atom. The van der Waals surface area contributed by atoms with Crippen LogP contribution in [-0.4, -0.2) is 12.6 Å². The fraction of sp³-hybridized carbons (Fsp3) is 0.917. The van der Waals surface area contributed by atoms with Gasteiger partial charge < -0.3 is 5.32 Å². The predicted molar refractivity (Wildman–Crippen MR) is 58.9 cm³/mol. The summed E-state index contributed by atoms with van der Waals surface area (Å²) in [5.41, 5.74) is 0. The van der Waals surface area contributed by atoms with Gasteiger partial charge in [0.05, 0.1) is 6.07 Å². The Morgan fingerprint density at radius 2 is 2.00 bits per heavy atom. The zero-order valence-corrected chi connectivity index (χ0v) is 9.26. The third-order valence-corrected chi connectivity index (χ3v) is 3.21. The van der Waals surface area contributed by atoms with Crippen LogP contribution >= 0.6 is 0 Å². The molecular weight excluding hydrogens is 172 g/mol. The van der Waals surface area contributed by atoms with Crippen molar-refractivity contribution >= 4 is 0 Å². The maximum atomic E-state index is 8.42. The SMILES string of the molecule is CCCC1CCC(NCCC#N)CC1. The third-order valence-electron chi connectivity index (χ3n) is 3.21. The molecule has 0 amide bonds. The maximum absolute atomic E-state index is 8.42. The zero-order chi connectivity index (χ0) is 10.2. The zero-order valence-electron chi connectivity index (χ0n) is 9.26. The Hall–Kier alpha value is -0.550. The molecule has 1 N–H and O–H groups in total. The van der Waals surface area contributed by atoms with Crippen molar-refractivity contribution < 1.29 is 0 Å². The first-order chi connectivity index (χ1) is 6.86. The molecule has 0 saturated heterocycles. The van der Waals surface area contributed by atoms with Gasteiger partial charge in [0.15, 0.2) is 0 Å². The van der Waals surface area contributed by atoms with E-state index in [0.29, 0.717) is 12.5 Å². The van der Waals surface area contributed by atoms with Crippen molar-refractivity contribution in [2.75, 3.05) is 6.54 Å². The Balaban J connectivity index is 2.07. The van der Waals surface area contributed by atoms with Crippen LogP contribution in [0.5, 0.6) is 0 Å². The van der Waals surface area contributed by atoms with Crippen molar-refractivity contribution in [2.45, 2.75) is 57.9 Å². The van der Waals surface area contributed by atoms with Crippen molar-refractivity contribution in [2.24, 2.45) is 5.92 Å². The van der Waals surface area contributed by atoms with Crippen LogP contribution in [0.15, 0.2) is 0 Å². The lowest BCUT2D eigenvalue weighted by Gasteiger charge is -2.28. The number of hydrogen-bond donors (Lipinski definition) is 1. The molecule has 0 aromatic carbocycles. The fourth-order valence-corrected chi connectivity index (χ4v) is 2.40. The normalized spacial score (nSPS) is 27.1. The van der Waals surface area contributed by atoms with Gasteiger partial charge in [0.25, 0.3) is 0 Å². The number of nitrogens with one attached hydrogen (secondary N) is 1. The summed E-state index contributed by atoms with van der Waals surface area (Å²) >= 11 is 0. The summed E-state index contributed by atoms with van der Waals surface area (Å²) in [6.07, 6.45) is 8.79. The molecule has 1 aliphatic carbocycles. The molecule has 0 heterocycles. The van der Waals surface area contributed by atoms with Crippen molar-refractivity contribution in [1.29, 1.82) is 5.26 Å². The molecule has 80 valence electrons. The second-order valence-corrected chi connectivity index (χ2v) is 4.37. The predicted octanol–water partition coefficient (Wildman–Crippen LogP) is 2.85. The Morgan fingerprint density at radius 1 is 1.29 bits per heavy atom. The van der Waals surface area contributed by atoms with E-state index in [9.17, 15) is 0 Å². The van der Waals surface area contributed by atoms with Gasteiger partial charge in [-0.3, -0.25) is 0 Å². The van der Waals surface area contributed by atoms with Crippen LogP contribution in [0.4, 0.5) is 0 Å². The molecule has 1 saturated carbocycles. The van der Waals surface area contributed by atoms with Crippen molar-refractivity contribution in [1.82, 2.24) is 5.32 Å². The van der Waals surface area contributed by atoms with Crippen molar-refractivity contribution in [3.05, 3.63) is 0 Å². The highest BCUT2D eigenvalue weighted by Crippen LogP contribution is 2.27. The quantitative estimate of drug-likeness (QED) is 0.683.